The van der Waals surface area contributed by atoms with Gasteiger partial charge in [0, 0.05) is 16.5 Å². The largest absolute Gasteiger partial charge is 0.443 e. The fraction of sp³-hybridized carbons (Fsp3) is 0. The van der Waals surface area contributed by atoms with Gasteiger partial charge in [0.25, 0.3) is 10.0 Å². The fourth-order valence-corrected chi connectivity index (χ4v) is 4.02. The predicted molar refractivity (Wildman–Crippen MR) is 114 cm³/mol. The van der Waals surface area contributed by atoms with E-state index >= 15 is 0 Å². The summed E-state index contributed by atoms with van der Waals surface area (Å²) < 4.78 is 33.8. The Hall–Kier alpha value is -3.02. The summed E-state index contributed by atoms with van der Waals surface area (Å²) in [7, 11) is -3.91. The lowest BCUT2D eigenvalue weighted by atomic mass is 10.1. The number of halogens is 1. The molecule has 0 spiro atoms. The summed E-state index contributed by atoms with van der Waals surface area (Å²) in [6.07, 6.45) is 3.74. The Morgan fingerprint density at radius 2 is 1.61 bits per heavy atom. The van der Waals surface area contributed by atoms with Crippen LogP contribution < -0.4 is 4.72 Å². The fourth-order valence-electron chi connectivity index (χ4n) is 2.80. The molecule has 0 amide bonds. The number of nitrogens with one attached hydrogen (secondary N) is 1. The minimum absolute atomic E-state index is 0.147. The quantitative estimate of drug-likeness (QED) is 0.408. The number of benzene rings is 3. The molecule has 6 heteroatoms. The first-order valence-corrected chi connectivity index (χ1v) is 10.4. The van der Waals surface area contributed by atoms with Crippen molar-refractivity contribution in [1.29, 1.82) is 0 Å². The van der Waals surface area contributed by atoms with Crippen LogP contribution in [0.25, 0.3) is 23.1 Å². The summed E-state index contributed by atoms with van der Waals surface area (Å²) in [4.78, 5) is 0. The van der Waals surface area contributed by atoms with Gasteiger partial charge < -0.3 is 4.42 Å². The lowest BCUT2D eigenvalue weighted by Gasteiger charge is -2.09. The molecule has 1 aromatic heterocycles. The van der Waals surface area contributed by atoms with Crippen LogP contribution in [-0.4, -0.2) is 8.42 Å². The normalized spacial score (nSPS) is 11.9. The van der Waals surface area contributed by atoms with Crippen LogP contribution in [0, 0.1) is 0 Å². The maximum atomic E-state index is 12.8. The third-order valence-corrected chi connectivity index (χ3v) is 5.64. The number of sulfonamides is 1. The van der Waals surface area contributed by atoms with Crippen molar-refractivity contribution in [3.63, 3.8) is 0 Å². The van der Waals surface area contributed by atoms with Crippen molar-refractivity contribution >= 4 is 50.4 Å². The van der Waals surface area contributed by atoms with Crippen molar-refractivity contribution in [2.45, 2.75) is 5.09 Å². The van der Waals surface area contributed by atoms with Crippen LogP contribution in [0.2, 0.25) is 5.02 Å². The molecule has 1 heterocycles. The monoisotopic (exact) mass is 409 g/mol. The molecule has 28 heavy (non-hydrogen) atoms. The smallest absolute Gasteiger partial charge is 0.295 e. The number of hydrogen-bond acceptors (Lipinski definition) is 3. The van der Waals surface area contributed by atoms with E-state index in [1.54, 1.807) is 36.4 Å². The molecule has 0 saturated heterocycles. The van der Waals surface area contributed by atoms with Gasteiger partial charge >= 0.3 is 0 Å². The van der Waals surface area contributed by atoms with Gasteiger partial charge in [-0.25, -0.2) is 0 Å². The van der Waals surface area contributed by atoms with Gasteiger partial charge in [0.05, 0.1) is 5.69 Å². The summed E-state index contributed by atoms with van der Waals surface area (Å²) in [5.74, 6) is 0. The molecule has 4 nitrogen and oxygen atoms in total. The van der Waals surface area contributed by atoms with Crippen molar-refractivity contribution < 1.29 is 12.8 Å². The van der Waals surface area contributed by atoms with E-state index in [2.05, 4.69) is 4.72 Å². The SMILES string of the molecule is O=S(=O)(Nc1cc(Cl)ccc1C=Cc1ccccc1)c1cc2ccccc2o1. The van der Waals surface area contributed by atoms with E-state index in [-0.39, 0.29) is 5.09 Å². The minimum Gasteiger partial charge on any atom is -0.443 e. The second-order valence-electron chi connectivity index (χ2n) is 6.18. The van der Waals surface area contributed by atoms with Gasteiger partial charge in [0.15, 0.2) is 0 Å². The van der Waals surface area contributed by atoms with Gasteiger partial charge in [-0.1, -0.05) is 78.4 Å². The minimum atomic E-state index is -3.91. The molecule has 140 valence electrons. The van der Waals surface area contributed by atoms with Gasteiger partial charge in [0.2, 0.25) is 5.09 Å². The number of rotatable bonds is 5. The summed E-state index contributed by atoms with van der Waals surface area (Å²) in [6.45, 7) is 0. The second kappa shape index (κ2) is 7.54. The van der Waals surface area contributed by atoms with Crippen molar-refractivity contribution in [3.05, 3.63) is 95.0 Å². The van der Waals surface area contributed by atoms with E-state index in [9.17, 15) is 8.42 Å². The Bertz CT molecular complexity index is 1230. The molecule has 0 atom stereocenters. The van der Waals surface area contributed by atoms with E-state index in [1.165, 1.54) is 6.07 Å². The van der Waals surface area contributed by atoms with Crippen molar-refractivity contribution in [3.8, 4) is 0 Å². The van der Waals surface area contributed by atoms with Gasteiger partial charge in [-0.3, -0.25) is 4.72 Å². The standard InChI is InChI=1S/C22H16ClNO3S/c23-19-13-12-17(11-10-16-6-2-1-3-7-16)20(15-19)24-28(25,26)22-14-18-8-4-5-9-21(18)27-22/h1-15,24H. The number of anilines is 1. The first-order chi connectivity index (χ1) is 13.5. The Kier molecular flexibility index (Phi) is 4.94. The zero-order valence-electron chi connectivity index (χ0n) is 14.7. The molecular formula is C22H16ClNO3S. The number of hydrogen-bond donors (Lipinski definition) is 1. The van der Waals surface area contributed by atoms with Gasteiger partial charge in [0.1, 0.15) is 5.58 Å². The van der Waals surface area contributed by atoms with Crippen LogP contribution in [0.5, 0.6) is 0 Å². The number of para-hydroxylation sites is 1. The van der Waals surface area contributed by atoms with Gasteiger partial charge in [-0.05, 0) is 29.3 Å². The third kappa shape index (κ3) is 3.96. The lowest BCUT2D eigenvalue weighted by Crippen LogP contribution is -2.13. The first-order valence-electron chi connectivity index (χ1n) is 8.55. The first kappa shape index (κ1) is 18.3. The predicted octanol–water partition coefficient (Wildman–Crippen LogP) is 6.06. The van der Waals surface area contributed by atoms with Crippen molar-refractivity contribution in [2.24, 2.45) is 0 Å². The zero-order chi connectivity index (χ0) is 19.6. The molecular weight excluding hydrogens is 394 g/mol. The van der Waals surface area contributed by atoms with Crippen LogP contribution in [0.15, 0.2) is 88.4 Å². The lowest BCUT2D eigenvalue weighted by molar-refractivity contribution is 0.484. The second-order valence-corrected chi connectivity index (χ2v) is 8.23. The Balaban J connectivity index is 1.68. The molecule has 4 aromatic rings. The van der Waals surface area contributed by atoms with E-state index < -0.39 is 10.0 Å². The number of fused-ring (bicyclic) bond motifs is 1. The van der Waals surface area contributed by atoms with Crippen LogP contribution in [-0.2, 0) is 10.0 Å². The summed E-state index contributed by atoms with van der Waals surface area (Å²) in [5, 5.41) is 1.00. The van der Waals surface area contributed by atoms with Crippen molar-refractivity contribution in [1.82, 2.24) is 0 Å². The summed E-state index contributed by atoms with van der Waals surface area (Å²) >= 11 is 6.09. The molecule has 4 rings (SSSR count). The van der Waals surface area contributed by atoms with E-state index in [0.717, 1.165) is 10.9 Å². The molecule has 0 radical (unpaired) electrons. The Morgan fingerprint density at radius 1 is 0.857 bits per heavy atom. The van der Waals surface area contributed by atoms with Gasteiger partial charge in [-0.15, -0.1) is 0 Å². The van der Waals surface area contributed by atoms with E-state index in [0.29, 0.717) is 21.9 Å². The van der Waals surface area contributed by atoms with Crippen LogP contribution in [0.1, 0.15) is 11.1 Å². The highest BCUT2D eigenvalue weighted by molar-refractivity contribution is 7.92. The number of furan rings is 1. The third-order valence-electron chi connectivity index (χ3n) is 4.18. The maximum Gasteiger partial charge on any atom is 0.295 e. The molecule has 0 unspecified atom stereocenters. The molecule has 0 aliphatic carbocycles. The van der Waals surface area contributed by atoms with Gasteiger partial charge in [-0.2, -0.15) is 8.42 Å². The average molecular weight is 410 g/mol. The highest BCUT2D eigenvalue weighted by Gasteiger charge is 2.20. The van der Waals surface area contributed by atoms with E-state index in [4.69, 9.17) is 16.0 Å². The molecule has 0 saturated carbocycles. The summed E-state index contributed by atoms with van der Waals surface area (Å²) in [6, 6.07) is 23.4. The highest BCUT2D eigenvalue weighted by atomic mass is 35.5. The maximum absolute atomic E-state index is 12.8. The molecule has 0 fully saturated rings. The molecule has 3 aromatic carbocycles. The molecule has 0 aliphatic heterocycles. The van der Waals surface area contributed by atoms with E-state index in [1.807, 2.05) is 48.6 Å². The molecule has 0 bridgehead atoms. The topological polar surface area (TPSA) is 59.3 Å². The molecule has 0 aliphatic rings. The van der Waals surface area contributed by atoms with Crippen LogP contribution in [0.3, 0.4) is 0 Å². The zero-order valence-corrected chi connectivity index (χ0v) is 16.2. The van der Waals surface area contributed by atoms with Crippen molar-refractivity contribution in [2.75, 3.05) is 4.72 Å². The highest BCUT2D eigenvalue weighted by Crippen LogP contribution is 2.28. The average Bonchev–Trinajstić information content (AvgIpc) is 3.13. The van der Waals surface area contributed by atoms with Crippen LogP contribution in [0.4, 0.5) is 5.69 Å². The van der Waals surface area contributed by atoms with Crippen LogP contribution >= 0.6 is 11.6 Å². The Morgan fingerprint density at radius 3 is 2.39 bits per heavy atom. The summed E-state index contributed by atoms with van der Waals surface area (Å²) in [5.41, 5.74) is 2.58. The molecule has 1 N–H and O–H groups in total. The Labute approximate surface area is 168 Å².